The third-order valence-electron chi connectivity index (χ3n) is 2.81. The van der Waals surface area contributed by atoms with Crippen LogP contribution in [0.1, 0.15) is 41.8 Å². The van der Waals surface area contributed by atoms with Gasteiger partial charge in [-0.25, -0.2) is 4.98 Å². The molecule has 1 nitrogen and oxygen atoms in total. The molecule has 2 heteroatoms. The van der Waals surface area contributed by atoms with Crippen molar-refractivity contribution in [1.82, 2.24) is 4.98 Å². The highest BCUT2D eigenvalue weighted by Crippen LogP contribution is 2.42. The van der Waals surface area contributed by atoms with Gasteiger partial charge in [-0.05, 0) is 31.6 Å². The highest BCUT2D eigenvalue weighted by atomic mass is 32.1. The number of hydrogen-bond donors (Lipinski definition) is 0. The Morgan fingerprint density at radius 1 is 1.58 bits per heavy atom. The maximum absolute atomic E-state index is 4.56. The Hall–Kier alpha value is -0.370. The molecule has 1 heterocycles. The Labute approximate surface area is 77.8 Å². The van der Waals surface area contributed by atoms with E-state index >= 15 is 0 Å². The number of aryl methyl sites for hydroxylation is 1. The van der Waals surface area contributed by atoms with Gasteiger partial charge in [0.05, 0.1) is 10.7 Å². The summed E-state index contributed by atoms with van der Waals surface area (Å²) in [5.41, 5.74) is 1.39. The van der Waals surface area contributed by atoms with Gasteiger partial charge in [0.2, 0.25) is 0 Å². The quantitative estimate of drug-likeness (QED) is 0.648. The van der Waals surface area contributed by atoms with Gasteiger partial charge >= 0.3 is 0 Å². The second-order valence-corrected chi connectivity index (χ2v) is 4.97. The van der Waals surface area contributed by atoms with Gasteiger partial charge in [-0.15, -0.1) is 11.3 Å². The molecule has 1 aromatic rings. The van der Waals surface area contributed by atoms with Crippen LogP contribution in [0.25, 0.3) is 0 Å². The third kappa shape index (κ3) is 1.09. The Balaban J connectivity index is 2.38. The standard InChI is InChI=1S/C10H15NS/c1-4-8-6(2)5-9-10(8)12-7(3)11-9/h6,8H,4-5H2,1-3H3. The zero-order valence-corrected chi connectivity index (χ0v) is 8.74. The van der Waals surface area contributed by atoms with E-state index in [0.717, 1.165) is 11.8 Å². The predicted octanol–water partition coefficient (Wildman–Crippen LogP) is 3.14. The van der Waals surface area contributed by atoms with Gasteiger partial charge in [-0.1, -0.05) is 13.8 Å². The molecule has 0 fully saturated rings. The van der Waals surface area contributed by atoms with Crippen LogP contribution < -0.4 is 0 Å². The molecular weight excluding hydrogens is 166 g/mol. The lowest BCUT2D eigenvalue weighted by molar-refractivity contribution is 0.488. The van der Waals surface area contributed by atoms with Crippen molar-refractivity contribution in [2.75, 3.05) is 0 Å². The van der Waals surface area contributed by atoms with Crippen LogP contribution in [0.2, 0.25) is 0 Å². The number of nitrogens with zero attached hydrogens (tertiary/aromatic N) is 1. The van der Waals surface area contributed by atoms with Gasteiger partial charge in [0, 0.05) is 4.88 Å². The summed E-state index contributed by atoms with van der Waals surface area (Å²) in [4.78, 5) is 6.13. The van der Waals surface area contributed by atoms with Crippen LogP contribution in [0.3, 0.4) is 0 Å². The number of hydrogen-bond acceptors (Lipinski definition) is 2. The fourth-order valence-electron chi connectivity index (χ4n) is 2.22. The lowest BCUT2D eigenvalue weighted by Gasteiger charge is -2.11. The van der Waals surface area contributed by atoms with E-state index in [-0.39, 0.29) is 0 Å². The molecule has 2 rings (SSSR count). The summed E-state index contributed by atoms with van der Waals surface area (Å²) < 4.78 is 0. The largest absolute Gasteiger partial charge is 0.246 e. The maximum Gasteiger partial charge on any atom is 0.0900 e. The predicted molar refractivity (Wildman–Crippen MR) is 52.8 cm³/mol. The minimum atomic E-state index is 0.797. The van der Waals surface area contributed by atoms with Crippen molar-refractivity contribution in [2.24, 2.45) is 5.92 Å². The Kier molecular flexibility index (Phi) is 1.95. The summed E-state index contributed by atoms with van der Waals surface area (Å²) in [6, 6.07) is 0. The van der Waals surface area contributed by atoms with Crippen molar-refractivity contribution in [3.63, 3.8) is 0 Å². The summed E-state index contributed by atoms with van der Waals surface area (Å²) in [7, 11) is 0. The van der Waals surface area contributed by atoms with Crippen LogP contribution in [-0.2, 0) is 6.42 Å². The van der Waals surface area contributed by atoms with Crippen LogP contribution >= 0.6 is 11.3 Å². The second kappa shape index (κ2) is 2.84. The molecule has 1 aliphatic rings. The highest BCUT2D eigenvalue weighted by Gasteiger charge is 2.30. The molecule has 1 aliphatic carbocycles. The van der Waals surface area contributed by atoms with E-state index in [0.29, 0.717) is 0 Å². The van der Waals surface area contributed by atoms with E-state index in [4.69, 9.17) is 0 Å². The van der Waals surface area contributed by atoms with Gasteiger partial charge < -0.3 is 0 Å². The summed E-state index contributed by atoms with van der Waals surface area (Å²) >= 11 is 1.90. The minimum Gasteiger partial charge on any atom is -0.246 e. The Morgan fingerprint density at radius 2 is 2.33 bits per heavy atom. The van der Waals surface area contributed by atoms with E-state index in [1.54, 1.807) is 4.88 Å². The summed E-state index contributed by atoms with van der Waals surface area (Å²) in [5.74, 6) is 1.62. The molecule has 0 aromatic carbocycles. The average molecular weight is 181 g/mol. The number of aromatic nitrogens is 1. The van der Waals surface area contributed by atoms with Crippen LogP contribution in [0.4, 0.5) is 0 Å². The second-order valence-electron chi connectivity index (χ2n) is 3.74. The van der Waals surface area contributed by atoms with Crippen molar-refractivity contribution in [3.8, 4) is 0 Å². The van der Waals surface area contributed by atoms with E-state index in [2.05, 4.69) is 25.8 Å². The lowest BCUT2D eigenvalue weighted by Crippen LogP contribution is -2.01. The molecule has 12 heavy (non-hydrogen) atoms. The first kappa shape index (κ1) is 8.24. The first-order valence-electron chi connectivity index (χ1n) is 4.68. The van der Waals surface area contributed by atoms with Crippen molar-refractivity contribution >= 4 is 11.3 Å². The topological polar surface area (TPSA) is 12.9 Å². The monoisotopic (exact) mass is 181 g/mol. The fraction of sp³-hybridized carbons (Fsp3) is 0.700. The molecule has 66 valence electrons. The van der Waals surface area contributed by atoms with Gasteiger partial charge in [-0.2, -0.15) is 0 Å². The smallest absolute Gasteiger partial charge is 0.0900 e. The maximum atomic E-state index is 4.56. The molecule has 0 saturated heterocycles. The Morgan fingerprint density at radius 3 is 3.00 bits per heavy atom. The molecule has 0 bridgehead atoms. The zero-order valence-electron chi connectivity index (χ0n) is 7.92. The fourth-order valence-corrected chi connectivity index (χ4v) is 3.49. The third-order valence-corrected chi connectivity index (χ3v) is 3.96. The van der Waals surface area contributed by atoms with E-state index in [1.807, 2.05) is 11.3 Å². The zero-order chi connectivity index (χ0) is 8.72. The van der Waals surface area contributed by atoms with Crippen LogP contribution in [0.15, 0.2) is 0 Å². The molecule has 2 unspecified atom stereocenters. The summed E-state index contributed by atoms with van der Waals surface area (Å²) in [5, 5.41) is 1.24. The van der Waals surface area contributed by atoms with Crippen molar-refractivity contribution in [3.05, 3.63) is 15.6 Å². The Bertz CT molecular complexity index is 290. The van der Waals surface area contributed by atoms with E-state index in [9.17, 15) is 0 Å². The molecule has 0 aliphatic heterocycles. The van der Waals surface area contributed by atoms with Crippen molar-refractivity contribution in [2.45, 2.75) is 39.5 Å². The molecular formula is C10H15NS. The van der Waals surface area contributed by atoms with Crippen LogP contribution in [-0.4, -0.2) is 4.98 Å². The minimum absolute atomic E-state index is 0.797. The van der Waals surface area contributed by atoms with Gasteiger partial charge in [-0.3, -0.25) is 0 Å². The van der Waals surface area contributed by atoms with Gasteiger partial charge in [0.25, 0.3) is 0 Å². The number of thiazole rings is 1. The molecule has 0 spiro atoms. The number of rotatable bonds is 1. The lowest BCUT2D eigenvalue weighted by atomic mass is 9.96. The summed E-state index contributed by atoms with van der Waals surface area (Å²) in [6.45, 7) is 6.74. The first-order chi connectivity index (χ1) is 5.72. The van der Waals surface area contributed by atoms with Crippen LogP contribution in [0.5, 0.6) is 0 Å². The molecule has 0 amide bonds. The normalized spacial score (nSPS) is 27.6. The molecule has 1 aromatic heterocycles. The van der Waals surface area contributed by atoms with Gasteiger partial charge in [0.15, 0.2) is 0 Å². The number of fused-ring (bicyclic) bond motifs is 1. The first-order valence-corrected chi connectivity index (χ1v) is 5.50. The molecule has 0 radical (unpaired) electrons. The van der Waals surface area contributed by atoms with Crippen molar-refractivity contribution < 1.29 is 0 Å². The summed E-state index contributed by atoms with van der Waals surface area (Å²) in [6.07, 6.45) is 2.48. The molecule has 0 N–H and O–H groups in total. The van der Waals surface area contributed by atoms with Gasteiger partial charge in [0.1, 0.15) is 0 Å². The molecule has 0 saturated carbocycles. The highest BCUT2D eigenvalue weighted by molar-refractivity contribution is 7.11. The average Bonchev–Trinajstić information content (AvgIpc) is 2.43. The van der Waals surface area contributed by atoms with E-state index < -0.39 is 0 Å². The van der Waals surface area contributed by atoms with E-state index in [1.165, 1.54) is 23.5 Å². The molecule has 2 atom stereocenters. The van der Waals surface area contributed by atoms with Crippen molar-refractivity contribution in [1.29, 1.82) is 0 Å². The van der Waals surface area contributed by atoms with Crippen LogP contribution in [0, 0.1) is 12.8 Å². The SMILES string of the molecule is CCC1c2sc(C)nc2CC1C.